The number of hydrogen-bond acceptors (Lipinski definition) is 2. The Morgan fingerprint density at radius 2 is 1.70 bits per heavy atom. The Morgan fingerprint density at radius 3 is 2.37 bits per heavy atom. The van der Waals surface area contributed by atoms with Gasteiger partial charge in [0.15, 0.2) is 0 Å². The van der Waals surface area contributed by atoms with E-state index in [2.05, 4.69) is 47.7 Å². The molecule has 0 aliphatic rings. The van der Waals surface area contributed by atoms with Crippen LogP contribution in [0, 0.1) is 54.5 Å². The first-order valence-electron chi connectivity index (χ1n) is 8.38. The van der Waals surface area contributed by atoms with Crippen LogP contribution in [0.15, 0.2) is 66.7 Å². The second-order valence-corrected chi connectivity index (χ2v) is 6.33. The van der Waals surface area contributed by atoms with Gasteiger partial charge in [-0.25, -0.2) is 4.79 Å². The average molecular weight is 482 g/mol. The predicted octanol–water partition coefficient (Wildman–Crippen LogP) is 4.56. The minimum atomic E-state index is -0.935. The first-order valence-corrected chi connectivity index (χ1v) is 8.38. The maximum Gasteiger partial charge on any atom is 0.334 e. The van der Waals surface area contributed by atoms with Gasteiger partial charge in [0.25, 0.3) is 0 Å². The molecule has 1 aromatic heterocycles. The number of aryl methyl sites for hydroxylation is 1. The van der Waals surface area contributed by atoms with Gasteiger partial charge in [-0.3, -0.25) is 0 Å². The SMILES string of the molecule is Cc1cc(C(=O)O)cc2c1n[c-]n2Cc1ccc(-c2ccccc2)cc1.[Pr]. The summed E-state index contributed by atoms with van der Waals surface area (Å²) < 4.78 is 1.87. The zero-order valence-corrected chi connectivity index (χ0v) is 18.6. The van der Waals surface area contributed by atoms with E-state index in [9.17, 15) is 9.90 Å². The van der Waals surface area contributed by atoms with Gasteiger partial charge < -0.3 is 14.7 Å². The molecule has 5 heteroatoms. The van der Waals surface area contributed by atoms with E-state index in [1.165, 1.54) is 5.56 Å². The molecule has 3 aromatic carbocycles. The molecule has 131 valence electrons. The first-order chi connectivity index (χ1) is 12.6. The van der Waals surface area contributed by atoms with Crippen molar-refractivity contribution < 1.29 is 51.2 Å². The largest absolute Gasteiger partial charge is 0.478 e. The molecule has 0 fully saturated rings. The van der Waals surface area contributed by atoms with Crippen molar-refractivity contribution in [2.75, 3.05) is 0 Å². The molecule has 4 aromatic rings. The van der Waals surface area contributed by atoms with Crippen LogP contribution >= 0.6 is 0 Å². The Kier molecular flexibility index (Phi) is 6.08. The van der Waals surface area contributed by atoms with E-state index in [0.717, 1.165) is 27.7 Å². The predicted molar refractivity (Wildman–Crippen MR) is 101 cm³/mol. The van der Waals surface area contributed by atoms with Crippen molar-refractivity contribution in [1.29, 1.82) is 0 Å². The molecular formula is C22H17N2O2Pr-. The first kappa shape index (κ1) is 19.7. The summed E-state index contributed by atoms with van der Waals surface area (Å²) in [6.07, 6.45) is 2.99. The van der Waals surface area contributed by atoms with Crippen molar-refractivity contribution in [3.8, 4) is 11.1 Å². The topological polar surface area (TPSA) is 55.1 Å². The minimum Gasteiger partial charge on any atom is -0.478 e. The molecule has 27 heavy (non-hydrogen) atoms. The molecule has 4 rings (SSSR count). The Bertz CT molecular complexity index is 1090. The van der Waals surface area contributed by atoms with Crippen LogP contribution in [0.25, 0.3) is 22.2 Å². The maximum atomic E-state index is 11.3. The van der Waals surface area contributed by atoms with Crippen molar-refractivity contribution in [3.63, 3.8) is 0 Å². The Morgan fingerprint density at radius 1 is 1.04 bits per heavy atom. The molecule has 0 spiro atoms. The van der Waals surface area contributed by atoms with Crippen LogP contribution < -0.4 is 0 Å². The van der Waals surface area contributed by atoms with Crippen LogP contribution in [0.1, 0.15) is 21.5 Å². The van der Waals surface area contributed by atoms with Gasteiger partial charge in [0.2, 0.25) is 0 Å². The monoisotopic (exact) mass is 482 g/mol. The fraction of sp³-hybridized carbons (Fsp3) is 0.0909. The molecule has 0 bridgehead atoms. The summed E-state index contributed by atoms with van der Waals surface area (Å²) in [5.74, 6) is -0.935. The van der Waals surface area contributed by atoms with Crippen molar-refractivity contribution in [1.82, 2.24) is 9.55 Å². The van der Waals surface area contributed by atoms with E-state index in [0.29, 0.717) is 6.54 Å². The van der Waals surface area contributed by atoms with Crippen molar-refractivity contribution in [2.24, 2.45) is 0 Å². The summed E-state index contributed by atoms with van der Waals surface area (Å²) >= 11 is 0. The zero-order valence-electron chi connectivity index (χ0n) is 14.9. The zero-order chi connectivity index (χ0) is 18.1. The third kappa shape index (κ3) is 4.12. The molecule has 0 aliphatic heterocycles. The minimum absolute atomic E-state index is 0. The number of nitrogens with zero attached hydrogens (tertiary/aromatic N) is 2. The van der Waals surface area contributed by atoms with E-state index >= 15 is 0 Å². The number of carboxylic acids is 1. The molecule has 1 N–H and O–H groups in total. The van der Waals surface area contributed by atoms with Crippen molar-refractivity contribution >= 4 is 17.0 Å². The summed E-state index contributed by atoms with van der Waals surface area (Å²) in [5.41, 5.74) is 6.14. The summed E-state index contributed by atoms with van der Waals surface area (Å²) in [5, 5.41) is 9.29. The standard InChI is InChI=1S/C22H17N2O2.Pr/c1-15-11-19(22(25)26)12-20-21(15)23-14-24(20)13-16-7-9-18(10-8-16)17-5-3-2-4-6-17;/h2-12H,13H2,1H3,(H,25,26);/q-1;. The van der Waals surface area contributed by atoms with Crippen LogP contribution in [0.4, 0.5) is 0 Å². The quantitative estimate of drug-likeness (QED) is 0.434. The van der Waals surface area contributed by atoms with Gasteiger partial charge in [-0.2, -0.15) is 0 Å². The van der Waals surface area contributed by atoms with E-state index in [1.54, 1.807) is 12.1 Å². The van der Waals surface area contributed by atoms with E-state index in [4.69, 9.17) is 0 Å². The number of carboxylic acid groups (broad SMARTS) is 1. The van der Waals surface area contributed by atoms with Gasteiger partial charge in [-0.1, -0.05) is 90.3 Å². The Labute approximate surface area is 190 Å². The van der Waals surface area contributed by atoms with Gasteiger partial charge in [0.1, 0.15) is 0 Å². The normalized spacial score (nSPS) is 10.6. The number of aromatic nitrogens is 2. The fourth-order valence-corrected chi connectivity index (χ4v) is 3.14. The van der Waals surface area contributed by atoms with Crippen LogP contribution in [-0.4, -0.2) is 20.6 Å². The van der Waals surface area contributed by atoms with Gasteiger partial charge in [0.05, 0.1) is 0 Å². The van der Waals surface area contributed by atoms with Crippen LogP contribution in [0.5, 0.6) is 0 Å². The maximum absolute atomic E-state index is 11.3. The molecule has 0 atom stereocenters. The summed E-state index contributed by atoms with van der Waals surface area (Å²) in [4.78, 5) is 15.6. The third-order valence-corrected chi connectivity index (χ3v) is 4.50. The van der Waals surface area contributed by atoms with E-state index in [1.807, 2.05) is 29.7 Å². The average Bonchev–Trinajstić information content (AvgIpc) is 3.06. The molecule has 0 amide bonds. The van der Waals surface area contributed by atoms with E-state index in [-0.39, 0.29) is 46.9 Å². The van der Waals surface area contributed by atoms with Crippen molar-refractivity contribution in [3.05, 3.63) is 89.7 Å². The molecular weight excluding hydrogens is 465 g/mol. The molecule has 1 heterocycles. The molecule has 1 radical (unpaired) electrons. The van der Waals surface area contributed by atoms with Crippen LogP contribution in [0.2, 0.25) is 0 Å². The number of aromatic carboxylic acids is 1. The Balaban J connectivity index is 0.00000210. The summed E-state index contributed by atoms with van der Waals surface area (Å²) in [7, 11) is 0. The van der Waals surface area contributed by atoms with Crippen LogP contribution in [-0.2, 0) is 6.54 Å². The van der Waals surface area contributed by atoms with E-state index < -0.39 is 5.97 Å². The summed E-state index contributed by atoms with van der Waals surface area (Å²) in [6, 6.07) is 21.9. The molecule has 0 saturated heterocycles. The summed E-state index contributed by atoms with van der Waals surface area (Å²) in [6.45, 7) is 2.46. The fourth-order valence-electron chi connectivity index (χ4n) is 3.14. The number of carbonyl (C=O) groups is 1. The third-order valence-electron chi connectivity index (χ3n) is 4.50. The number of fused-ring (bicyclic) bond motifs is 1. The second-order valence-electron chi connectivity index (χ2n) is 6.33. The molecule has 0 saturated carbocycles. The molecule has 4 nitrogen and oxygen atoms in total. The van der Waals surface area contributed by atoms with Gasteiger partial charge in [0, 0.05) is 59.7 Å². The smallest absolute Gasteiger partial charge is 0.334 e. The Hall–Kier alpha value is -2.04. The number of imidazole rings is 1. The molecule has 0 unspecified atom stereocenters. The van der Waals surface area contributed by atoms with Gasteiger partial charge in [-0.05, 0) is 16.7 Å². The van der Waals surface area contributed by atoms with Crippen molar-refractivity contribution in [2.45, 2.75) is 13.5 Å². The van der Waals surface area contributed by atoms with Gasteiger partial charge in [-0.15, -0.1) is 0 Å². The number of benzene rings is 3. The second kappa shape index (κ2) is 8.32. The number of rotatable bonds is 4. The van der Waals surface area contributed by atoms with Gasteiger partial charge >= 0.3 is 5.97 Å². The number of hydrogen-bond donors (Lipinski definition) is 1. The van der Waals surface area contributed by atoms with Crippen LogP contribution in [0.3, 0.4) is 0 Å². The molecule has 0 aliphatic carbocycles.